The molecule has 1 N–H and O–H groups in total. The summed E-state index contributed by atoms with van der Waals surface area (Å²) in [5.74, 6) is 0.489. The lowest BCUT2D eigenvalue weighted by Gasteiger charge is -2.18. The average molecular weight is 474 g/mol. The third kappa shape index (κ3) is 4.61. The van der Waals surface area contributed by atoms with E-state index in [1.165, 1.54) is 36.4 Å². The van der Waals surface area contributed by atoms with Gasteiger partial charge >= 0.3 is 0 Å². The molecular weight excluding hydrogens is 452 g/mol. The highest BCUT2D eigenvalue weighted by molar-refractivity contribution is 7.91. The smallest absolute Gasteiger partial charge is 0.282 e. The largest absolute Gasteiger partial charge is 0.486 e. The van der Waals surface area contributed by atoms with E-state index in [2.05, 4.69) is 10.3 Å². The molecule has 12 heteroatoms. The number of fused-ring (bicyclic) bond motifs is 1. The molecule has 0 bridgehead atoms. The Bertz CT molecular complexity index is 1290. The number of nitro benzene ring substituents is 1. The number of hydrogen-bond donors (Lipinski definition) is 1. The molecule has 4 rings (SSSR count). The number of rotatable bonds is 8. The molecule has 1 aromatic heterocycles. The van der Waals surface area contributed by atoms with Crippen molar-refractivity contribution in [2.75, 3.05) is 45.7 Å². The van der Waals surface area contributed by atoms with Crippen LogP contribution in [0.3, 0.4) is 0 Å². The number of sulfone groups is 1. The first-order chi connectivity index (χ1) is 15.8. The Morgan fingerprint density at radius 2 is 1.85 bits per heavy atom. The highest BCUT2D eigenvalue weighted by atomic mass is 32.2. The number of oxazole rings is 1. The van der Waals surface area contributed by atoms with Crippen LogP contribution in [0.25, 0.3) is 11.5 Å². The van der Waals surface area contributed by atoms with Crippen molar-refractivity contribution in [1.29, 1.82) is 0 Å². The second-order valence-electron chi connectivity index (χ2n) is 7.47. The number of benzene rings is 2. The summed E-state index contributed by atoms with van der Waals surface area (Å²) in [5, 5.41) is 14.0. The summed E-state index contributed by atoms with van der Waals surface area (Å²) < 4.78 is 43.7. The van der Waals surface area contributed by atoms with Crippen LogP contribution in [-0.4, -0.2) is 63.6 Å². The Labute approximate surface area is 190 Å². The third-order valence-corrected chi connectivity index (χ3v) is 6.51. The summed E-state index contributed by atoms with van der Waals surface area (Å²) in [7, 11) is -0.423. The number of para-hydroxylation sites is 1. The predicted molar refractivity (Wildman–Crippen MR) is 119 cm³/mol. The Morgan fingerprint density at radius 3 is 2.58 bits per heavy atom. The van der Waals surface area contributed by atoms with Gasteiger partial charge in [-0.2, -0.15) is 4.98 Å². The molecule has 0 saturated heterocycles. The van der Waals surface area contributed by atoms with Crippen molar-refractivity contribution in [3.63, 3.8) is 0 Å². The molecule has 3 aromatic rings. The molecule has 0 aliphatic carbocycles. The summed E-state index contributed by atoms with van der Waals surface area (Å²) in [5.41, 5.74) is -0.177. The maximum Gasteiger partial charge on any atom is 0.282 e. The van der Waals surface area contributed by atoms with Crippen LogP contribution >= 0.6 is 0 Å². The van der Waals surface area contributed by atoms with Gasteiger partial charge in [-0.25, -0.2) is 8.42 Å². The Morgan fingerprint density at radius 1 is 1.12 bits per heavy atom. The molecule has 0 spiro atoms. The van der Waals surface area contributed by atoms with Crippen molar-refractivity contribution in [2.45, 2.75) is 9.92 Å². The van der Waals surface area contributed by atoms with Gasteiger partial charge in [0.25, 0.3) is 5.69 Å². The van der Waals surface area contributed by atoms with Crippen LogP contribution in [0.2, 0.25) is 0 Å². The van der Waals surface area contributed by atoms with Crippen molar-refractivity contribution in [1.82, 2.24) is 9.88 Å². The predicted octanol–water partition coefficient (Wildman–Crippen LogP) is 2.83. The van der Waals surface area contributed by atoms with Gasteiger partial charge in [-0.1, -0.05) is 12.1 Å². The van der Waals surface area contributed by atoms with Crippen molar-refractivity contribution in [3.05, 3.63) is 52.6 Å². The van der Waals surface area contributed by atoms with E-state index in [1.54, 1.807) is 6.07 Å². The molecule has 174 valence electrons. The molecule has 0 atom stereocenters. The molecular formula is C21H22N4O7S. The lowest BCUT2D eigenvalue weighted by atomic mass is 10.2. The molecule has 33 heavy (non-hydrogen) atoms. The van der Waals surface area contributed by atoms with E-state index in [4.69, 9.17) is 13.9 Å². The number of hydrogen-bond acceptors (Lipinski definition) is 10. The lowest BCUT2D eigenvalue weighted by molar-refractivity contribution is -0.384. The van der Waals surface area contributed by atoms with Crippen LogP contribution in [0.4, 0.5) is 11.6 Å². The topological polar surface area (TPSA) is 137 Å². The van der Waals surface area contributed by atoms with Crippen LogP contribution in [0, 0.1) is 10.1 Å². The molecule has 2 heterocycles. The van der Waals surface area contributed by atoms with E-state index in [-0.39, 0.29) is 32.9 Å². The van der Waals surface area contributed by atoms with E-state index < -0.39 is 14.8 Å². The van der Waals surface area contributed by atoms with Crippen molar-refractivity contribution < 1.29 is 27.2 Å². The van der Waals surface area contributed by atoms with Gasteiger partial charge in [0.1, 0.15) is 18.8 Å². The van der Waals surface area contributed by atoms with Gasteiger partial charge in [0, 0.05) is 25.2 Å². The maximum absolute atomic E-state index is 13.5. The minimum atomic E-state index is -4.16. The van der Waals surface area contributed by atoms with E-state index in [1.807, 2.05) is 19.0 Å². The first-order valence-electron chi connectivity index (χ1n) is 10.1. The number of likely N-dealkylation sites (N-methyl/N-ethyl adjacent to an activating group) is 1. The van der Waals surface area contributed by atoms with Crippen LogP contribution in [0.1, 0.15) is 0 Å². The number of aromatic nitrogens is 1. The quantitative estimate of drug-likeness (QED) is 0.383. The van der Waals surface area contributed by atoms with Gasteiger partial charge in [0.05, 0.1) is 9.82 Å². The summed E-state index contributed by atoms with van der Waals surface area (Å²) in [4.78, 5) is 16.9. The zero-order valence-electron chi connectivity index (χ0n) is 18.0. The normalized spacial score (nSPS) is 13.2. The molecule has 0 unspecified atom stereocenters. The second kappa shape index (κ2) is 9.08. The molecule has 0 fully saturated rings. The molecule has 1 aliphatic rings. The van der Waals surface area contributed by atoms with Gasteiger partial charge < -0.3 is 24.1 Å². The second-order valence-corrected chi connectivity index (χ2v) is 9.33. The van der Waals surface area contributed by atoms with Crippen molar-refractivity contribution >= 4 is 21.4 Å². The van der Waals surface area contributed by atoms with Gasteiger partial charge in [-0.3, -0.25) is 10.1 Å². The van der Waals surface area contributed by atoms with E-state index in [9.17, 15) is 18.5 Å². The van der Waals surface area contributed by atoms with Gasteiger partial charge in [-0.15, -0.1) is 0 Å². The Kier molecular flexibility index (Phi) is 6.20. The van der Waals surface area contributed by atoms with Crippen molar-refractivity contribution in [3.8, 4) is 23.0 Å². The first kappa shape index (κ1) is 22.6. The number of anilines is 1. The summed E-state index contributed by atoms with van der Waals surface area (Å²) >= 11 is 0. The minimum absolute atomic E-state index is 0.0650. The average Bonchev–Trinajstić information content (AvgIpc) is 3.23. The molecule has 2 aromatic carbocycles. The van der Waals surface area contributed by atoms with Crippen molar-refractivity contribution in [2.24, 2.45) is 0 Å². The fourth-order valence-corrected chi connectivity index (χ4v) is 4.52. The summed E-state index contributed by atoms with van der Waals surface area (Å²) in [6, 6.07) is 10.1. The van der Waals surface area contributed by atoms with Gasteiger partial charge in [0.2, 0.25) is 26.6 Å². The van der Waals surface area contributed by atoms with Crippen LogP contribution in [0.15, 0.2) is 56.8 Å². The molecule has 0 amide bonds. The third-order valence-electron chi connectivity index (χ3n) is 4.85. The maximum atomic E-state index is 13.5. The number of ether oxygens (including phenoxy) is 2. The summed E-state index contributed by atoms with van der Waals surface area (Å²) in [6.45, 7) is 1.63. The van der Waals surface area contributed by atoms with Crippen LogP contribution < -0.4 is 14.8 Å². The number of nitrogens with one attached hydrogen (secondary N) is 1. The molecule has 0 saturated carbocycles. The minimum Gasteiger partial charge on any atom is -0.486 e. The van der Waals surface area contributed by atoms with Gasteiger partial charge in [0.15, 0.2) is 11.5 Å². The highest BCUT2D eigenvalue weighted by Gasteiger charge is 2.31. The number of nitrogens with zero attached hydrogens (tertiary/aromatic N) is 3. The fraction of sp³-hybridized carbons (Fsp3) is 0.286. The fourth-order valence-electron chi connectivity index (χ4n) is 3.22. The van der Waals surface area contributed by atoms with E-state index >= 15 is 0 Å². The van der Waals surface area contributed by atoms with Crippen LogP contribution in [0.5, 0.6) is 11.5 Å². The molecule has 1 aliphatic heterocycles. The zero-order valence-corrected chi connectivity index (χ0v) is 18.8. The van der Waals surface area contributed by atoms with E-state index in [0.717, 1.165) is 0 Å². The number of nitro groups is 1. The van der Waals surface area contributed by atoms with E-state index in [0.29, 0.717) is 37.8 Å². The molecule has 11 nitrogen and oxygen atoms in total. The standard InChI is InChI=1S/C21H22N4O7S/c1-24(2)10-9-22-20-21(23-19(32-20)15-5-3-4-6-16(15)25(26)27)33(28,29)14-7-8-17-18(13-14)31-12-11-30-17/h3-8,13,22H,9-12H2,1-2H3. The summed E-state index contributed by atoms with van der Waals surface area (Å²) in [6.07, 6.45) is 0. The SMILES string of the molecule is CN(C)CCNc1oc(-c2ccccc2[N+](=O)[O-])nc1S(=O)(=O)c1ccc2c(c1)OCCO2. The first-order valence-corrected chi connectivity index (χ1v) is 11.5. The highest BCUT2D eigenvalue weighted by Crippen LogP contribution is 2.38. The Hall–Kier alpha value is -3.64. The van der Waals surface area contributed by atoms with Crippen LogP contribution in [-0.2, 0) is 9.84 Å². The zero-order chi connectivity index (χ0) is 23.6. The van der Waals surface area contributed by atoms with Gasteiger partial charge in [-0.05, 0) is 32.3 Å². The lowest BCUT2D eigenvalue weighted by Crippen LogP contribution is -2.21. The molecule has 0 radical (unpaired) electrons. The monoisotopic (exact) mass is 474 g/mol. The Balaban J connectivity index is 1.80.